The van der Waals surface area contributed by atoms with E-state index in [0.29, 0.717) is 13.2 Å². The molecular formula is C14H24N2O4. The molecule has 1 aliphatic carbocycles. The predicted octanol–water partition coefficient (Wildman–Crippen LogP) is 1.40. The van der Waals surface area contributed by atoms with Crippen LogP contribution in [0.4, 0.5) is 4.79 Å². The molecule has 0 aromatic heterocycles. The number of carbonyl (C=O) groups excluding carboxylic acids is 1. The number of urea groups is 1. The van der Waals surface area contributed by atoms with Crippen LogP contribution in [0.25, 0.3) is 0 Å². The number of amides is 2. The van der Waals surface area contributed by atoms with E-state index in [4.69, 9.17) is 4.74 Å². The number of carboxylic acids is 1. The van der Waals surface area contributed by atoms with Crippen molar-refractivity contribution in [2.24, 2.45) is 5.92 Å². The van der Waals surface area contributed by atoms with Gasteiger partial charge in [-0.25, -0.2) is 9.59 Å². The zero-order valence-corrected chi connectivity index (χ0v) is 12.2. The van der Waals surface area contributed by atoms with E-state index in [1.165, 1.54) is 4.90 Å². The highest BCUT2D eigenvalue weighted by Gasteiger charge is 2.36. The Morgan fingerprint density at radius 2 is 1.90 bits per heavy atom. The van der Waals surface area contributed by atoms with Crippen LogP contribution >= 0.6 is 0 Å². The number of aliphatic carboxylic acids is 1. The van der Waals surface area contributed by atoms with E-state index in [0.717, 1.165) is 31.6 Å². The van der Waals surface area contributed by atoms with Gasteiger partial charge in [0, 0.05) is 19.6 Å². The van der Waals surface area contributed by atoms with Crippen molar-refractivity contribution in [3.63, 3.8) is 0 Å². The molecule has 2 amide bonds. The molecule has 1 N–H and O–H groups in total. The summed E-state index contributed by atoms with van der Waals surface area (Å²) in [6.45, 7) is 3.07. The second-order valence-corrected chi connectivity index (χ2v) is 5.93. The van der Waals surface area contributed by atoms with Gasteiger partial charge in [-0.05, 0) is 31.6 Å². The molecule has 0 spiro atoms. The Hall–Kier alpha value is -1.30. The van der Waals surface area contributed by atoms with Crippen LogP contribution in [0.3, 0.4) is 0 Å². The first-order valence-electron chi connectivity index (χ1n) is 7.34. The summed E-state index contributed by atoms with van der Waals surface area (Å²) in [5.74, 6) is -0.270. The quantitative estimate of drug-likeness (QED) is 0.832. The molecule has 2 aliphatic rings. The second-order valence-electron chi connectivity index (χ2n) is 5.93. The van der Waals surface area contributed by atoms with Gasteiger partial charge in [0.15, 0.2) is 6.04 Å². The lowest BCUT2D eigenvalue weighted by Gasteiger charge is -2.40. The number of ether oxygens (including phenoxy) is 1. The van der Waals surface area contributed by atoms with Crippen LogP contribution in [-0.4, -0.2) is 65.8 Å². The van der Waals surface area contributed by atoms with Crippen molar-refractivity contribution in [1.29, 1.82) is 0 Å². The number of rotatable bonds is 2. The van der Waals surface area contributed by atoms with Crippen molar-refractivity contribution >= 4 is 12.0 Å². The van der Waals surface area contributed by atoms with E-state index < -0.39 is 12.0 Å². The van der Waals surface area contributed by atoms with Crippen LogP contribution in [0.2, 0.25) is 0 Å². The van der Waals surface area contributed by atoms with Gasteiger partial charge < -0.3 is 19.6 Å². The lowest BCUT2D eigenvalue weighted by Crippen LogP contribution is -2.57. The molecule has 1 saturated heterocycles. The van der Waals surface area contributed by atoms with E-state index in [2.05, 4.69) is 6.92 Å². The van der Waals surface area contributed by atoms with Gasteiger partial charge in [-0.15, -0.1) is 0 Å². The van der Waals surface area contributed by atoms with Crippen LogP contribution in [0, 0.1) is 5.92 Å². The molecule has 6 heteroatoms. The molecule has 1 aliphatic heterocycles. The number of hydrogen-bond acceptors (Lipinski definition) is 3. The van der Waals surface area contributed by atoms with Crippen LogP contribution in [0.15, 0.2) is 0 Å². The minimum Gasteiger partial charge on any atom is -0.480 e. The number of carboxylic acid groups (broad SMARTS) is 1. The maximum Gasteiger partial charge on any atom is 0.328 e. The number of nitrogens with zero attached hydrogens (tertiary/aromatic N) is 2. The Kier molecular flexibility index (Phi) is 4.86. The number of carbonyl (C=O) groups is 2. The van der Waals surface area contributed by atoms with E-state index in [1.54, 1.807) is 11.9 Å². The fourth-order valence-electron chi connectivity index (χ4n) is 3.03. The zero-order valence-electron chi connectivity index (χ0n) is 12.2. The smallest absolute Gasteiger partial charge is 0.328 e. The second kappa shape index (κ2) is 6.43. The van der Waals surface area contributed by atoms with Crippen molar-refractivity contribution in [3.05, 3.63) is 0 Å². The van der Waals surface area contributed by atoms with Crippen molar-refractivity contribution in [1.82, 2.24) is 9.80 Å². The van der Waals surface area contributed by atoms with Gasteiger partial charge in [0.25, 0.3) is 0 Å². The first kappa shape index (κ1) is 15.1. The van der Waals surface area contributed by atoms with Gasteiger partial charge in [-0.3, -0.25) is 0 Å². The normalized spacial score (nSPS) is 30.9. The Bertz CT molecular complexity index is 366. The van der Waals surface area contributed by atoms with Crippen LogP contribution in [0.1, 0.15) is 32.6 Å². The van der Waals surface area contributed by atoms with Gasteiger partial charge in [0.2, 0.25) is 0 Å². The van der Waals surface area contributed by atoms with E-state index in [-0.39, 0.29) is 18.7 Å². The van der Waals surface area contributed by atoms with Crippen LogP contribution in [0.5, 0.6) is 0 Å². The fourth-order valence-corrected chi connectivity index (χ4v) is 3.03. The predicted molar refractivity (Wildman–Crippen MR) is 73.5 cm³/mol. The topological polar surface area (TPSA) is 70.1 Å². The first-order chi connectivity index (χ1) is 9.50. The fraction of sp³-hybridized carbons (Fsp3) is 0.857. The summed E-state index contributed by atoms with van der Waals surface area (Å²) in [5.41, 5.74) is 0. The highest BCUT2D eigenvalue weighted by atomic mass is 16.5. The van der Waals surface area contributed by atoms with Gasteiger partial charge in [-0.1, -0.05) is 6.92 Å². The molecular weight excluding hydrogens is 260 g/mol. The largest absolute Gasteiger partial charge is 0.480 e. The lowest BCUT2D eigenvalue weighted by atomic mass is 9.87. The molecule has 0 radical (unpaired) electrons. The summed E-state index contributed by atoms with van der Waals surface area (Å²) in [7, 11) is 1.79. The highest BCUT2D eigenvalue weighted by molar-refractivity contribution is 5.83. The summed E-state index contributed by atoms with van der Waals surface area (Å²) in [6, 6.07) is -0.808. The van der Waals surface area contributed by atoms with E-state index in [9.17, 15) is 14.7 Å². The molecule has 0 aromatic rings. The standard InChI is InChI=1S/C14H24N2O4/c1-10-3-5-11(6-4-10)15(2)14(19)16-7-8-20-9-12(16)13(17)18/h10-12H,3-9H2,1-2H3,(H,17,18). The Labute approximate surface area is 119 Å². The molecule has 0 aromatic carbocycles. The molecule has 6 nitrogen and oxygen atoms in total. The summed E-state index contributed by atoms with van der Waals surface area (Å²) >= 11 is 0. The van der Waals surface area contributed by atoms with E-state index >= 15 is 0 Å². The third-order valence-corrected chi connectivity index (χ3v) is 4.49. The maximum absolute atomic E-state index is 12.5. The van der Waals surface area contributed by atoms with Gasteiger partial charge >= 0.3 is 12.0 Å². The minimum absolute atomic E-state index is 0.0800. The third kappa shape index (κ3) is 3.23. The third-order valence-electron chi connectivity index (χ3n) is 4.49. The van der Waals surface area contributed by atoms with Crippen molar-refractivity contribution in [2.75, 3.05) is 26.8 Å². The summed E-state index contributed by atoms with van der Waals surface area (Å²) in [6.07, 6.45) is 4.28. The monoisotopic (exact) mass is 284 g/mol. The highest BCUT2D eigenvalue weighted by Crippen LogP contribution is 2.27. The SMILES string of the molecule is CC1CCC(N(C)C(=O)N2CCOCC2C(=O)O)CC1. The summed E-state index contributed by atoms with van der Waals surface area (Å²) in [4.78, 5) is 26.9. The molecule has 20 heavy (non-hydrogen) atoms. The van der Waals surface area contributed by atoms with Gasteiger partial charge in [0.05, 0.1) is 13.2 Å². The molecule has 1 saturated carbocycles. The van der Waals surface area contributed by atoms with Crippen LogP contribution in [-0.2, 0) is 9.53 Å². The Morgan fingerprint density at radius 3 is 2.50 bits per heavy atom. The minimum atomic E-state index is -0.997. The Balaban J connectivity index is 1.99. The Morgan fingerprint density at radius 1 is 1.25 bits per heavy atom. The lowest BCUT2D eigenvalue weighted by molar-refractivity contribution is -0.147. The zero-order chi connectivity index (χ0) is 14.7. The molecule has 114 valence electrons. The van der Waals surface area contributed by atoms with Crippen molar-refractivity contribution in [2.45, 2.75) is 44.7 Å². The van der Waals surface area contributed by atoms with E-state index in [1.807, 2.05) is 0 Å². The van der Waals surface area contributed by atoms with Gasteiger partial charge in [0.1, 0.15) is 0 Å². The molecule has 0 bridgehead atoms. The molecule has 1 heterocycles. The number of morpholine rings is 1. The average Bonchev–Trinajstić information content (AvgIpc) is 2.46. The van der Waals surface area contributed by atoms with Crippen molar-refractivity contribution in [3.8, 4) is 0 Å². The number of hydrogen-bond donors (Lipinski definition) is 1. The first-order valence-corrected chi connectivity index (χ1v) is 7.34. The average molecular weight is 284 g/mol. The summed E-state index contributed by atoms with van der Waals surface area (Å²) < 4.78 is 5.17. The molecule has 2 fully saturated rings. The molecule has 2 rings (SSSR count). The van der Waals surface area contributed by atoms with Gasteiger partial charge in [-0.2, -0.15) is 0 Å². The maximum atomic E-state index is 12.5. The van der Waals surface area contributed by atoms with Crippen molar-refractivity contribution < 1.29 is 19.4 Å². The van der Waals surface area contributed by atoms with Crippen LogP contribution < -0.4 is 0 Å². The summed E-state index contributed by atoms with van der Waals surface area (Å²) in [5, 5.41) is 9.19. The molecule has 1 unspecified atom stereocenters. The molecule has 1 atom stereocenters.